The molecule has 106 valence electrons. The maximum absolute atomic E-state index is 12.1. The van der Waals surface area contributed by atoms with Crippen molar-refractivity contribution in [2.24, 2.45) is 0 Å². The predicted octanol–water partition coefficient (Wildman–Crippen LogP) is 1.54. The molecule has 3 rings (SSSR count). The topological polar surface area (TPSA) is 65.7 Å². The molecular formula is C14H17N3O3. The lowest BCUT2D eigenvalue weighted by Gasteiger charge is -2.15. The van der Waals surface area contributed by atoms with Crippen LogP contribution in [0.3, 0.4) is 0 Å². The summed E-state index contributed by atoms with van der Waals surface area (Å²) in [5.74, 6) is 0.194. The number of hydrogen-bond acceptors (Lipinski definition) is 5. The first-order valence-electron chi connectivity index (χ1n) is 6.89. The molecule has 0 saturated carbocycles. The van der Waals surface area contributed by atoms with Gasteiger partial charge in [0.1, 0.15) is 0 Å². The number of aromatic nitrogens is 3. The summed E-state index contributed by atoms with van der Waals surface area (Å²) >= 11 is 0. The second-order valence-electron chi connectivity index (χ2n) is 4.67. The Morgan fingerprint density at radius 3 is 3.05 bits per heavy atom. The highest BCUT2D eigenvalue weighted by atomic mass is 16.5. The van der Waals surface area contributed by atoms with Crippen LogP contribution in [0.4, 0.5) is 0 Å². The van der Waals surface area contributed by atoms with Crippen molar-refractivity contribution in [3.05, 3.63) is 28.8 Å². The molecule has 1 aliphatic rings. The largest absolute Gasteiger partial charge is 0.461 e. The van der Waals surface area contributed by atoms with Gasteiger partial charge in [-0.2, -0.15) is 0 Å². The Morgan fingerprint density at radius 2 is 2.30 bits per heavy atom. The van der Waals surface area contributed by atoms with Crippen LogP contribution in [-0.2, 0) is 28.9 Å². The quantitative estimate of drug-likeness (QED) is 0.795. The third kappa shape index (κ3) is 2.06. The molecule has 0 radical (unpaired) electrons. The van der Waals surface area contributed by atoms with Crippen LogP contribution < -0.4 is 0 Å². The highest BCUT2D eigenvalue weighted by molar-refractivity contribution is 5.90. The van der Waals surface area contributed by atoms with E-state index in [0.29, 0.717) is 37.7 Å². The number of hydrogen-bond donors (Lipinski definition) is 0. The van der Waals surface area contributed by atoms with Crippen molar-refractivity contribution in [1.29, 1.82) is 0 Å². The highest BCUT2D eigenvalue weighted by Crippen LogP contribution is 2.19. The van der Waals surface area contributed by atoms with E-state index in [1.54, 1.807) is 11.3 Å². The van der Waals surface area contributed by atoms with Crippen molar-refractivity contribution in [2.45, 2.75) is 33.3 Å². The molecule has 0 amide bonds. The molecular weight excluding hydrogens is 258 g/mol. The normalized spacial score (nSPS) is 14.3. The lowest BCUT2D eigenvalue weighted by molar-refractivity contribution is 0.0516. The third-order valence-corrected chi connectivity index (χ3v) is 3.41. The SMILES string of the molecule is CCOC(=O)c1c(CC)nc2nc3c(cn12)CCOC3. The number of rotatable bonds is 3. The Labute approximate surface area is 116 Å². The van der Waals surface area contributed by atoms with E-state index in [0.717, 1.165) is 23.4 Å². The van der Waals surface area contributed by atoms with Crippen LogP contribution in [0.2, 0.25) is 0 Å². The van der Waals surface area contributed by atoms with Crippen molar-refractivity contribution >= 4 is 11.7 Å². The number of nitrogens with zero attached hydrogens (tertiary/aromatic N) is 3. The highest BCUT2D eigenvalue weighted by Gasteiger charge is 2.22. The average Bonchev–Trinajstić information content (AvgIpc) is 2.82. The summed E-state index contributed by atoms with van der Waals surface area (Å²) in [4.78, 5) is 21.1. The molecule has 0 spiro atoms. The number of carbonyl (C=O) groups is 1. The van der Waals surface area contributed by atoms with Crippen LogP contribution in [0.1, 0.15) is 41.3 Å². The van der Waals surface area contributed by atoms with E-state index in [1.807, 2.05) is 13.1 Å². The summed E-state index contributed by atoms with van der Waals surface area (Å²) in [6.07, 6.45) is 3.41. The first-order valence-corrected chi connectivity index (χ1v) is 6.89. The molecule has 1 aliphatic heterocycles. The Morgan fingerprint density at radius 1 is 1.45 bits per heavy atom. The Bertz CT molecular complexity index is 663. The zero-order valence-corrected chi connectivity index (χ0v) is 11.7. The van der Waals surface area contributed by atoms with Crippen LogP contribution in [0.25, 0.3) is 5.78 Å². The van der Waals surface area contributed by atoms with E-state index in [2.05, 4.69) is 9.97 Å². The van der Waals surface area contributed by atoms with Crippen molar-refractivity contribution in [1.82, 2.24) is 14.4 Å². The lowest BCUT2D eigenvalue weighted by Crippen LogP contribution is -2.15. The van der Waals surface area contributed by atoms with Crippen LogP contribution >= 0.6 is 0 Å². The number of fused-ring (bicyclic) bond motifs is 2. The molecule has 2 aromatic heterocycles. The lowest BCUT2D eigenvalue weighted by atomic mass is 10.1. The van der Waals surface area contributed by atoms with Gasteiger partial charge in [-0.25, -0.2) is 14.8 Å². The van der Waals surface area contributed by atoms with E-state index >= 15 is 0 Å². The fourth-order valence-corrected chi connectivity index (χ4v) is 2.44. The molecule has 6 nitrogen and oxygen atoms in total. The molecule has 0 fully saturated rings. The monoisotopic (exact) mass is 275 g/mol. The smallest absolute Gasteiger partial charge is 0.357 e. The minimum Gasteiger partial charge on any atom is -0.461 e. The molecule has 0 saturated heterocycles. The van der Waals surface area contributed by atoms with Gasteiger partial charge in [-0.15, -0.1) is 0 Å². The molecule has 0 atom stereocenters. The molecule has 0 bridgehead atoms. The van der Waals surface area contributed by atoms with Gasteiger partial charge in [-0.05, 0) is 25.3 Å². The zero-order chi connectivity index (χ0) is 14.1. The summed E-state index contributed by atoms with van der Waals surface area (Å²) in [5, 5.41) is 0. The van der Waals surface area contributed by atoms with Gasteiger partial charge in [0.2, 0.25) is 5.78 Å². The maximum atomic E-state index is 12.1. The Balaban J connectivity index is 2.18. The molecule has 3 heterocycles. The fraction of sp³-hybridized carbons (Fsp3) is 0.500. The number of esters is 1. The molecule has 0 aromatic carbocycles. The van der Waals surface area contributed by atoms with Gasteiger partial charge in [-0.1, -0.05) is 6.92 Å². The predicted molar refractivity (Wildman–Crippen MR) is 71.7 cm³/mol. The van der Waals surface area contributed by atoms with Gasteiger partial charge in [0.15, 0.2) is 5.69 Å². The van der Waals surface area contributed by atoms with E-state index in [-0.39, 0.29) is 5.97 Å². The maximum Gasteiger partial charge on any atom is 0.357 e. The van der Waals surface area contributed by atoms with Gasteiger partial charge in [0.05, 0.1) is 31.2 Å². The summed E-state index contributed by atoms with van der Waals surface area (Å²) < 4.78 is 12.3. The molecule has 2 aromatic rings. The molecule has 20 heavy (non-hydrogen) atoms. The van der Waals surface area contributed by atoms with Crippen molar-refractivity contribution in [3.63, 3.8) is 0 Å². The first-order chi connectivity index (χ1) is 9.74. The second-order valence-corrected chi connectivity index (χ2v) is 4.67. The molecule has 0 unspecified atom stereocenters. The number of imidazole rings is 1. The van der Waals surface area contributed by atoms with Gasteiger partial charge >= 0.3 is 5.97 Å². The van der Waals surface area contributed by atoms with E-state index in [1.165, 1.54) is 0 Å². The Hall–Kier alpha value is -1.95. The van der Waals surface area contributed by atoms with Gasteiger partial charge in [-0.3, -0.25) is 4.40 Å². The minimum atomic E-state index is -0.342. The zero-order valence-electron chi connectivity index (χ0n) is 11.7. The van der Waals surface area contributed by atoms with E-state index in [4.69, 9.17) is 9.47 Å². The van der Waals surface area contributed by atoms with Crippen molar-refractivity contribution in [2.75, 3.05) is 13.2 Å². The van der Waals surface area contributed by atoms with Gasteiger partial charge < -0.3 is 9.47 Å². The number of ether oxygens (including phenoxy) is 2. The molecule has 0 aliphatic carbocycles. The van der Waals surface area contributed by atoms with Crippen LogP contribution in [0, 0.1) is 0 Å². The first kappa shape index (κ1) is 13.1. The van der Waals surface area contributed by atoms with Crippen molar-refractivity contribution in [3.8, 4) is 0 Å². The van der Waals surface area contributed by atoms with Gasteiger partial charge in [0, 0.05) is 6.20 Å². The number of carbonyl (C=O) groups excluding carboxylic acids is 1. The standard InChI is InChI=1S/C14H17N3O3/c1-3-10-12(13(18)20-4-2)17-7-9-5-6-19-8-11(9)16-14(17)15-10/h7H,3-6,8H2,1-2H3. The third-order valence-electron chi connectivity index (χ3n) is 3.41. The summed E-state index contributed by atoms with van der Waals surface area (Å²) in [6, 6.07) is 0. The molecule has 0 N–H and O–H groups in total. The van der Waals surface area contributed by atoms with Crippen LogP contribution in [0.5, 0.6) is 0 Å². The summed E-state index contributed by atoms with van der Waals surface area (Å²) in [6.45, 7) is 5.30. The summed E-state index contributed by atoms with van der Waals surface area (Å²) in [7, 11) is 0. The molecule has 6 heteroatoms. The van der Waals surface area contributed by atoms with Crippen LogP contribution in [0.15, 0.2) is 6.20 Å². The fourth-order valence-electron chi connectivity index (χ4n) is 2.44. The summed E-state index contributed by atoms with van der Waals surface area (Å²) in [5.41, 5.74) is 3.23. The van der Waals surface area contributed by atoms with Crippen LogP contribution in [-0.4, -0.2) is 33.6 Å². The number of aryl methyl sites for hydroxylation is 1. The average molecular weight is 275 g/mol. The van der Waals surface area contributed by atoms with E-state index in [9.17, 15) is 4.79 Å². The van der Waals surface area contributed by atoms with E-state index < -0.39 is 0 Å². The minimum absolute atomic E-state index is 0.342. The van der Waals surface area contributed by atoms with Gasteiger partial charge in [0.25, 0.3) is 0 Å². The Kier molecular flexibility index (Phi) is 3.40. The van der Waals surface area contributed by atoms with Crippen molar-refractivity contribution < 1.29 is 14.3 Å². The second kappa shape index (κ2) is 5.20.